The summed E-state index contributed by atoms with van der Waals surface area (Å²) < 4.78 is 6.38. The van der Waals surface area contributed by atoms with E-state index in [2.05, 4.69) is 4.90 Å². The van der Waals surface area contributed by atoms with Crippen LogP contribution in [0.25, 0.3) is 0 Å². The quantitative estimate of drug-likeness (QED) is 0.704. The molecule has 0 N–H and O–H groups in total. The lowest BCUT2D eigenvalue weighted by Crippen LogP contribution is -2.50. The Bertz CT molecular complexity index is 887. The number of anilines is 1. The van der Waals surface area contributed by atoms with Gasteiger partial charge in [-0.25, -0.2) is 0 Å². The van der Waals surface area contributed by atoms with Crippen molar-refractivity contribution in [3.63, 3.8) is 0 Å². The van der Waals surface area contributed by atoms with Gasteiger partial charge in [-0.05, 0) is 19.1 Å². The molecule has 0 saturated carbocycles. The van der Waals surface area contributed by atoms with Crippen LogP contribution in [0, 0.1) is 6.92 Å². The SMILES string of the molecule is Cc1csc(=O)n1CC(=O)OCC(=O)N1CCN(c2ccccc2Cl)CC1. The molecule has 0 unspecified atom stereocenters. The summed E-state index contributed by atoms with van der Waals surface area (Å²) in [5, 5.41) is 2.37. The number of esters is 1. The molecule has 144 valence electrons. The first-order chi connectivity index (χ1) is 13.0. The van der Waals surface area contributed by atoms with Crippen LogP contribution in [0.2, 0.25) is 5.02 Å². The number of amides is 1. The predicted octanol–water partition coefficient (Wildman–Crippen LogP) is 1.76. The maximum atomic E-state index is 12.3. The Balaban J connectivity index is 1.46. The Labute approximate surface area is 165 Å². The standard InChI is InChI=1S/C18H20ClN3O4S/c1-13-12-27-18(25)22(13)10-17(24)26-11-16(23)21-8-6-20(7-9-21)15-5-3-2-4-14(15)19/h2-5,12H,6-11H2,1H3. The summed E-state index contributed by atoms with van der Waals surface area (Å²) in [5.41, 5.74) is 1.65. The summed E-state index contributed by atoms with van der Waals surface area (Å²) >= 11 is 7.25. The van der Waals surface area contributed by atoms with E-state index in [0.717, 1.165) is 17.0 Å². The van der Waals surface area contributed by atoms with Gasteiger partial charge in [0, 0.05) is 37.3 Å². The van der Waals surface area contributed by atoms with Crippen molar-refractivity contribution in [1.82, 2.24) is 9.47 Å². The first-order valence-electron chi connectivity index (χ1n) is 8.53. The molecular formula is C18H20ClN3O4S. The highest BCUT2D eigenvalue weighted by atomic mass is 35.5. The lowest BCUT2D eigenvalue weighted by molar-refractivity contribution is -0.152. The van der Waals surface area contributed by atoms with E-state index in [1.54, 1.807) is 17.2 Å². The topological polar surface area (TPSA) is 71.8 Å². The van der Waals surface area contributed by atoms with E-state index in [9.17, 15) is 14.4 Å². The van der Waals surface area contributed by atoms with Crippen molar-refractivity contribution < 1.29 is 14.3 Å². The molecule has 0 atom stereocenters. The van der Waals surface area contributed by atoms with Crippen molar-refractivity contribution in [1.29, 1.82) is 0 Å². The number of halogens is 1. The fraction of sp³-hybridized carbons (Fsp3) is 0.389. The third-order valence-corrected chi connectivity index (χ3v) is 5.65. The molecule has 3 rings (SSSR count). The molecule has 1 aliphatic rings. The molecule has 0 radical (unpaired) electrons. The smallest absolute Gasteiger partial charge is 0.326 e. The number of rotatable bonds is 5. The van der Waals surface area contributed by atoms with E-state index in [4.69, 9.17) is 16.3 Å². The van der Waals surface area contributed by atoms with Crippen molar-refractivity contribution in [2.45, 2.75) is 13.5 Å². The van der Waals surface area contributed by atoms with Crippen molar-refractivity contribution in [2.24, 2.45) is 0 Å². The Hall–Kier alpha value is -2.32. The van der Waals surface area contributed by atoms with Crippen LogP contribution in [0.4, 0.5) is 5.69 Å². The summed E-state index contributed by atoms with van der Waals surface area (Å²) in [4.78, 5) is 39.4. The van der Waals surface area contributed by atoms with Gasteiger partial charge in [-0.2, -0.15) is 0 Å². The minimum atomic E-state index is -0.596. The van der Waals surface area contributed by atoms with Gasteiger partial charge in [-0.15, -0.1) is 0 Å². The maximum Gasteiger partial charge on any atom is 0.326 e. The number of ether oxygens (including phenoxy) is 1. The summed E-state index contributed by atoms with van der Waals surface area (Å²) in [6.45, 7) is 3.63. The molecule has 0 aliphatic carbocycles. The second-order valence-corrected chi connectivity index (χ2v) is 7.44. The van der Waals surface area contributed by atoms with Gasteiger partial charge in [-0.1, -0.05) is 35.1 Å². The monoisotopic (exact) mass is 409 g/mol. The first-order valence-corrected chi connectivity index (χ1v) is 9.79. The van der Waals surface area contributed by atoms with E-state index in [-0.39, 0.29) is 23.9 Å². The van der Waals surface area contributed by atoms with Crippen molar-refractivity contribution >= 4 is 40.5 Å². The number of hydrogen-bond donors (Lipinski definition) is 0. The second-order valence-electron chi connectivity index (χ2n) is 6.21. The zero-order valence-corrected chi connectivity index (χ0v) is 16.5. The molecule has 9 heteroatoms. The van der Waals surface area contributed by atoms with Gasteiger partial charge in [0.2, 0.25) is 0 Å². The highest BCUT2D eigenvalue weighted by molar-refractivity contribution is 7.07. The van der Waals surface area contributed by atoms with Crippen LogP contribution < -0.4 is 9.77 Å². The molecule has 27 heavy (non-hydrogen) atoms. The van der Waals surface area contributed by atoms with Gasteiger partial charge in [0.05, 0.1) is 10.7 Å². The predicted molar refractivity (Wildman–Crippen MR) is 105 cm³/mol. The molecule has 2 heterocycles. The molecule has 7 nitrogen and oxygen atoms in total. The highest BCUT2D eigenvalue weighted by Gasteiger charge is 2.23. The van der Waals surface area contributed by atoms with Crippen molar-refractivity contribution in [3.8, 4) is 0 Å². The Morgan fingerprint density at radius 2 is 1.89 bits per heavy atom. The zero-order valence-electron chi connectivity index (χ0n) is 14.9. The van der Waals surface area contributed by atoms with E-state index >= 15 is 0 Å². The van der Waals surface area contributed by atoms with Crippen molar-refractivity contribution in [2.75, 3.05) is 37.7 Å². The fourth-order valence-corrected chi connectivity index (χ4v) is 3.90. The Morgan fingerprint density at radius 3 is 2.52 bits per heavy atom. The van der Waals surface area contributed by atoms with Crippen LogP contribution in [-0.4, -0.2) is 54.1 Å². The van der Waals surface area contributed by atoms with Crippen molar-refractivity contribution in [3.05, 3.63) is 50.0 Å². The largest absolute Gasteiger partial charge is 0.454 e. The molecule has 1 aromatic heterocycles. The van der Waals surface area contributed by atoms with Gasteiger partial charge in [0.25, 0.3) is 5.91 Å². The van der Waals surface area contributed by atoms with E-state index in [1.807, 2.05) is 24.3 Å². The number of thiazole rings is 1. The van der Waals surface area contributed by atoms with Crippen LogP contribution in [0.5, 0.6) is 0 Å². The molecule has 0 bridgehead atoms. The van der Waals surface area contributed by atoms with Gasteiger partial charge < -0.3 is 14.5 Å². The van der Waals surface area contributed by atoms with E-state index in [0.29, 0.717) is 36.9 Å². The molecule has 1 aromatic carbocycles. The molecule has 1 fully saturated rings. The average molecular weight is 410 g/mol. The number of aryl methyl sites for hydroxylation is 1. The van der Waals surface area contributed by atoms with Gasteiger partial charge in [0.1, 0.15) is 6.54 Å². The molecule has 1 amide bonds. The lowest BCUT2D eigenvalue weighted by Gasteiger charge is -2.36. The van der Waals surface area contributed by atoms with Gasteiger partial charge in [-0.3, -0.25) is 19.0 Å². The zero-order chi connectivity index (χ0) is 19.4. The Kier molecular flexibility index (Phi) is 6.18. The van der Waals surface area contributed by atoms with E-state index < -0.39 is 5.97 Å². The molecule has 0 spiro atoms. The van der Waals surface area contributed by atoms with Crippen LogP contribution in [-0.2, 0) is 20.9 Å². The third kappa shape index (κ3) is 4.70. The Morgan fingerprint density at radius 1 is 1.19 bits per heavy atom. The fourth-order valence-electron chi connectivity index (χ4n) is 2.91. The number of piperazine rings is 1. The summed E-state index contributed by atoms with van der Waals surface area (Å²) in [5.74, 6) is -0.835. The van der Waals surface area contributed by atoms with Crippen LogP contribution >= 0.6 is 22.9 Å². The average Bonchev–Trinajstić information content (AvgIpc) is 2.98. The van der Waals surface area contributed by atoms with Crippen LogP contribution in [0.15, 0.2) is 34.4 Å². The minimum absolute atomic E-state index is 0.179. The maximum absolute atomic E-state index is 12.3. The first kappa shape index (κ1) is 19.4. The minimum Gasteiger partial charge on any atom is -0.454 e. The number of hydrogen-bond acceptors (Lipinski definition) is 6. The number of aromatic nitrogens is 1. The van der Waals surface area contributed by atoms with Crippen LogP contribution in [0.1, 0.15) is 5.69 Å². The number of para-hydroxylation sites is 1. The second kappa shape index (κ2) is 8.58. The third-order valence-electron chi connectivity index (χ3n) is 4.45. The number of carbonyl (C=O) groups excluding carboxylic acids is 2. The highest BCUT2D eigenvalue weighted by Crippen LogP contribution is 2.25. The molecular weight excluding hydrogens is 390 g/mol. The molecule has 1 saturated heterocycles. The number of carbonyl (C=O) groups is 2. The van der Waals surface area contributed by atoms with Gasteiger partial charge >= 0.3 is 10.8 Å². The molecule has 1 aliphatic heterocycles. The summed E-state index contributed by atoms with van der Waals surface area (Å²) in [6, 6.07) is 7.61. The number of benzene rings is 1. The normalized spacial score (nSPS) is 14.3. The number of nitrogens with zero attached hydrogens (tertiary/aromatic N) is 3. The summed E-state index contributed by atoms with van der Waals surface area (Å²) in [6.07, 6.45) is 0. The van der Waals surface area contributed by atoms with E-state index in [1.165, 1.54) is 4.57 Å². The summed E-state index contributed by atoms with van der Waals surface area (Å²) in [7, 11) is 0. The van der Waals surface area contributed by atoms with Crippen LogP contribution in [0.3, 0.4) is 0 Å². The lowest BCUT2D eigenvalue weighted by atomic mass is 10.2. The molecule has 2 aromatic rings. The van der Waals surface area contributed by atoms with Gasteiger partial charge in [0.15, 0.2) is 6.61 Å².